The van der Waals surface area contributed by atoms with Gasteiger partial charge in [0.2, 0.25) is 0 Å². The number of hydrogen-bond acceptors (Lipinski definition) is 7. The third kappa shape index (κ3) is 5.59. The lowest BCUT2D eigenvalue weighted by atomic mass is 10.0. The highest BCUT2D eigenvalue weighted by Crippen LogP contribution is 2.47. The molecule has 2 aromatic heterocycles. The molecule has 9 nitrogen and oxygen atoms in total. The first-order valence-electron chi connectivity index (χ1n) is 11.2. The van der Waals surface area contributed by atoms with Crippen LogP contribution < -0.4 is 15.4 Å². The summed E-state index contributed by atoms with van der Waals surface area (Å²) in [6.45, 7) is 0. The third-order valence-electron chi connectivity index (χ3n) is 5.81. The number of nitro benzene ring substituents is 1. The maximum Gasteiger partial charge on any atom is 0.410 e. The van der Waals surface area contributed by atoms with Gasteiger partial charge in [0.05, 0.1) is 27.2 Å². The molecule has 1 aliphatic heterocycles. The number of halogens is 5. The highest BCUT2D eigenvalue weighted by molar-refractivity contribution is 9.10. The van der Waals surface area contributed by atoms with Gasteiger partial charge in [0.1, 0.15) is 23.1 Å². The number of aromatic nitrogens is 2. The number of thiophene rings is 1. The van der Waals surface area contributed by atoms with Crippen LogP contribution in [0, 0.1) is 15.9 Å². The minimum absolute atomic E-state index is 0.00345. The molecule has 2 unspecified atom stereocenters. The molecule has 2 N–H and O–H groups in total. The molecule has 202 valence electrons. The number of benzene rings is 2. The molecule has 15 heteroatoms. The molecule has 3 heterocycles. The second-order valence-corrected chi connectivity index (χ2v) is 10.2. The highest BCUT2D eigenvalue weighted by atomic mass is 79.9. The molecule has 2 aromatic carbocycles. The Morgan fingerprint density at radius 3 is 2.59 bits per heavy atom. The number of carbonyl (C=O) groups is 1. The second kappa shape index (κ2) is 10.3. The summed E-state index contributed by atoms with van der Waals surface area (Å²) < 4.78 is 61.4. The zero-order valence-corrected chi connectivity index (χ0v) is 21.8. The van der Waals surface area contributed by atoms with Gasteiger partial charge in [-0.3, -0.25) is 14.9 Å². The van der Waals surface area contributed by atoms with Gasteiger partial charge in [0, 0.05) is 23.4 Å². The lowest BCUT2D eigenvalue weighted by Gasteiger charge is -2.33. The van der Waals surface area contributed by atoms with Crippen molar-refractivity contribution in [3.8, 4) is 11.5 Å². The van der Waals surface area contributed by atoms with Crippen molar-refractivity contribution >= 4 is 50.4 Å². The monoisotopic (exact) mass is 625 g/mol. The van der Waals surface area contributed by atoms with E-state index >= 15 is 0 Å². The second-order valence-electron chi connectivity index (χ2n) is 8.44. The number of rotatable bonds is 6. The fraction of sp³-hybridized carbons (Fsp3) is 0.167. The molecule has 0 saturated heterocycles. The predicted octanol–water partition coefficient (Wildman–Crippen LogP) is 7.46. The lowest BCUT2D eigenvalue weighted by molar-refractivity contribution is -0.384. The molecule has 2 atom stereocenters. The molecule has 0 spiro atoms. The fourth-order valence-corrected chi connectivity index (χ4v) is 5.41. The number of ether oxygens (including phenoxy) is 1. The first-order chi connectivity index (χ1) is 18.5. The average Bonchev–Trinajstić information content (AvgIpc) is 3.53. The molecular weight excluding hydrogens is 610 g/mol. The molecule has 0 bridgehead atoms. The molecule has 0 radical (unpaired) electrons. The molecule has 1 aliphatic rings. The fourth-order valence-electron chi connectivity index (χ4n) is 4.06. The Bertz CT molecular complexity index is 1540. The number of amides is 1. The number of hydrogen-bond donors (Lipinski definition) is 2. The van der Waals surface area contributed by atoms with E-state index in [1.807, 2.05) is 0 Å². The molecular formula is C24H16BrF4N5O4S. The van der Waals surface area contributed by atoms with E-state index in [9.17, 15) is 32.5 Å². The molecule has 4 aromatic rings. The van der Waals surface area contributed by atoms with Gasteiger partial charge in [0.15, 0.2) is 11.7 Å². The number of nitrogens with one attached hydrogen (secondary N) is 2. The standard InChI is InChI=1S/C24H16BrF4N5O4S/c25-20-21(32-33-19(24(27,28)29)11-17(31-22(20)33)18-2-1-7-39-18)23(35)30-13-8-14(34(36)37)10-16(9-13)38-15-5-3-12(26)4-6-15/h1-10,17,19,31H,11H2,(H,30,35). The maximum atomic E-state index is 14.0. The summed E-state index contributed by atoms with van der Waals surface area (Å²) in [5, 5.41) is 22.6. The first-order valence-corrected chi connectivity index (χ1v) is 12.9. The molecule has 39 heavy (non-hydrogen) atoms. The average molecular weight is 626 g/mol. The van der Waals surface area contributed by atoms with E-state index in [2.05, 4.69) is 31.7 Å². The largest absolute Gasteiger partial charge is 0.457 e. The molecule has 0 fully saturated rings. The SMILES string of the molecule is O=C(Nc1cc(Oc2ccc(F)cc2)cc([N+](=O)[O-])c1)c1nn2c(c1Br)NC(c1cccs1)CC2C(F)(F)F. The van der Waals surface area contributed by atoms with Gasteiger partial charge in [-0.1, -0.05) is 6.07 Å². The van der Waals surface area contributed by atoms with E-state index in [1.54, 1.807) is 17.5 Å². The zero-order valence-electron chi connectivity index (χ0n) is 19.4. The van der Waals surface area contributed by atoms with Crippen molar-refractivity contribution in [3.63, 3.8) is 0 Å². The Morgan fingerprint density at radius 1 is 1.21 bits per heavy atom. The van der Waals surface area contributed by atoms with Crippen LogP contribution in [0.5, 0.6) is 11.5 Å². The summed E-state index contributed by atoms with van der Waals surface area (Å²) in [6.07, 6.45) is -4.97. The van der Waals surface area contributed by atoms with Gasteiger partial charge in [-0.2, -0.15) is 18.3 Å². The quantitative estimate of drug-likeness (QED) is 0.131. The van der Waals surface area contributed by atoms with Crippen LogP contribution in [0.3, 0.4) is 0 Å². The summed E-state index contributed by atoms with van der Waals surface area (Å²) in [4.78, 5) is 24.6. The molecule has 0 saturated carbocycles. The van der Waals surface area contributed by atoms with Crippen LogP contribution in [-0.4, -0.2) is 26.8 Å². The van der Waals surface area contributed by atoms with Crippen molar-refractivity contribution in [2.24, 2.45) is 0 Å². The van der Waals surface area contributed by atoms with Gasteiger partial charge in [0.25, 0.3) is 11.6 Å². The topological polar surface area (TPSA) is 111 Å². The third-order valence-corrected chi connectivity index (χ3v) is 7.54. The summed E-state index contributed by atoms with van der Waals surface area (Å²) in [6, 6.07) is 9.14. The van der Waals surface area contributed by atoms with E-state index in [0.29, 0.717) is 4.88 Å². The summed E-state index contributed by atoms with van der Waals surface area (Å²) in [7, 11) is 0. The number of alkyl halides is 3. The van der Waals surface area contributed by atoms with Gasteiger partial charge >= 0.3 is 6.18 Å². The van der Waals surface area contributed by atoms with Gasteiger partial charge in [-0.05, 0) is 51.6 Å². The molecule has 0 aliphatic carbocycles. The number of non-ortho nitro benzene ring substituents is 1. The number of fused-ring (bicyclic) bond motifs is 1. The van der Waals surface area contributed by atoms with Crippen molar-refractivity contribution in [2.75, 3.05) is 10.6 Å². The summed E-state index contributed by atoms with van der Waals surface area (Å²) in [5.41, 5.74) is -0.849. The molecule has 5 rings (SSSR count). The van der Waals surface area contributed by atoms with Gasteiger partial charge in [-0.25, -0.2) is 9.07 Å². The first kappa shape index (κ1) is 26.6. The Morgan fingerprint density at radius 2 is 1.95 bits per heavy atom. The smallest absolute Gasteiger partial charge is 0.410 e. The van der Waals surface area contributed by atoms with Crippen molar-refractivity contribution in [3.05, 3.63) is 91.0 Å². The van der Waals surface area contributed by atoms with Gasteiger partial charge < -0.3 is 15.4 Å². The van der Waals surface area contributed by atoms with Crippen LogP contribution in [0.15, 0.2) is 64.5 Å². The Balaban J connectivity index is 1.45. The van der Waals surface area contributed by atoms with Crippen LogP contribution in [0.25, 0.3) is 0 Å². The maximum absolute atomic E-state index is 14.0. The minimum atomic E-state index is -4.64. The van der Waals surface area contributed by atoms with Crippen LogP contribution in [0.1, 0.15) is 33.9 Å². The summed E-state index contributed by atoms with van der Waals surface area (Å²) >= 11 is 4.51. The molecule has 1 amide bonds. The number of nitrogens with zero attached hydrogens (tertiary/aromatic N) is 3. The number of carbonyl (C=O) groups excluding carboxylic acids is 1. The number of anilines is 2. The van der Waals surface area contributed by atoms with Crippen molar-refractivity contribution < 1.29 is 32.0 Å². The van der Waals surface area contributed by atoms with E-state index in [4.69, 9.17) is 4.74 Å². The Hall–Kier alpha value is -3.98. The highest BCUT2D eigenvalue weighted by Gasteiger charge is 2.48. The van der Waals surface area contributed by atoms with Crippen molar-refractivity contribution in [1.82, 2.24) is 9.78 Å². The number of nitro groups is 1. The van der Waals surface area contributed by atoms with Crippen LogP contribution in [0.4, 0.5) is 34.8 Å². The van der Waals surface area contributed by atoms with Crippen LogP contribution in [0.2, 0.25) is 0 Å². The predicted molar refractivity (Wildman–Crippen MR) is 138 cm³/mol. The lowest BCUT2D eigenvalue weighted by Crippen LogP contribution is -2.35. The summed E-state index contributed by atoms with van der Waals surface area (Å²) in [5.74, 6) is -1.29. The van der Waals surface area contributed by atoms with E-state index in [-0.39, 0.29) is 39.6 Å². The van der Waals surface area contributed by atoms with Gasteiger partial charge in [-0.15, -0.1) is 11.3 Å². The zero-order chi connectivity index (χ0) is 27.9. The van der Waals surface area contributed by atoms with Crippen molar-refractivity contribution in [2.45, 2.75) is 24.7 Å². The normalized spacial score (nSPS) is 16.7. The van der Waals surface area contributed by atoms with E-state index in [1.165, 1.54) is 29.5 Å². The minimum Gasteiger partial charge on any atom is -0.457 e. The van der Waals surface area contributed by atoms with Crippen molar-refractivity contribution in [1.29, 1.82) is 0 Å². The van der Waals surface area contributed by atoms with E-state index in [0.717, 1.165) is 28.9 Å². The Kier molecular flexibility index (Phi) is 7.03. The van der Waals surface area contributed by atoms with Crippen LogP contribution >= 0.6 is 27.3 Å². The van der Waals surface area contributed by atoms with Crippen LogP contribution in [-0.2, 0) is 0 Å². The van der Waals surface area contributed by atoms with E-state index < -0.39 is 40.6 Å². The Labute approximate surface area is 229 Å².